The van der Waals surface area contributed by atoms with E-state index in [1.807, 2.05) is 60.7 Å². The fourth-order valence-electron chi connectivity index (χ4n) is 2.48. The molecule has 0 amide bonds. The lowest BCUT2D eigenvalue weighted by atomic mass is 10.1. The minimum Gasteiger partial charge on any atom is -0.461 e. The van der Waals surface area contributed by atoms with Crippen molar-refractivity contribution in [2.24, 2.45) is 0 Å². The molecule has 0 saturated heterocycles. The van der Waals surface area contributed by atoms with E-state index >= 15 is 0 Å². The lowest BCUT2D eigenvalue weighted by Crippen LogP contribution is -2.05. The van der Waals surface area contributed by atoms with Crippen molar-refractivity contribution in [3.8, 4) is 22.6 Å². The van der Waals surface area contributed by atoms with Crippen LogP contribution in [0.25, 0.3) is 22.6 Å². The summed E-state index contributed by atoms with van der Waals surface area (Å²) in [5.74, 6) is 0.940. The summed E-state index contributed by atoms with van der Waals surface area (Å²) in [6.07, 6.45) is 2.16. The molecule has 3 rings (SSSR count). The van der Waals surface area contributed by atoms with Crippen molar-refractivity contribution in [2.75, 3.05) is 6.61 Å². The summed E-state index contributed by atoms with van der Waals surface area (Å²) in [6, 6.07) is 19.7. The highest BCUT2D eigenvalue weighted by Gasteiger charge is 2.17. The Morgan fingerprint density at radius 2 is 1.68 bits per heavy atom. The first-order chi connectivity index (χ1) is 12.3. The van der Waals surface area contributed by atoms with Gasteiger partial charge in [-0.25, -0.2) is 4.98 Å². The smallest absolute Gasteiger partial charge is 0.306 e. The topological polar surface area (TPSA) is 52.3 Å². The second-order valence-corrected chi connectivity index (χ2v) is 5.49. The molecule has 1 aromatic heterocycles. The first-order valence-electron chi connectivity index (χ1n) is 8.15. The summed E-state index contributed by atoms with van der Waals surface area (Å²) in [5, 5.41) is 0. The number of esters is 1. The summed E-state index contributed by atoms with van der Waals surface area (Å²) in [4.78, 5) is 16.3. The van der Waals surface area contributed by atoms with Crippen LogP contribution in [0.1, 0.15) is 12.3 Å². The number of oxazole rings is 1. The van der Waals surface area contributed by atoms with Crippen molar-refractivity contribution in [1.29, 1.82) is 0 Å². The number of benzene rings is 2. The normalized spacial score (nSPS) is 10.4. The van der Waals surface area contributed by atoms with Gasteiger partial charge in [-0.15, -0.1) is 0 Å². The Morgan fingerprint density at radius 1 is 1.04 bits per heavy atom. The highest BCUT2D eigenvalue weighted by molar-refractivity contribution is 5.77. The number of aromatic nitrogens is 1. The quantitative estimate of drug-likeness (QED) is 0.466. The summed E-state index contributed by atoms with van der Waals surface area (Å²) in [7, 11) is 0. The van der Waals surface area contributed by atoms with Crippen LogP contribution in [0.2, 0.25) is 0 Å². The number of ether oxygens (including phenoxy) is 1. The molecule has 126 valence electrons. The van der Waals surface area contributed by atoms with Gasteiger partial charge in [0.1, 0.15) is 12.3 Å². The van der Waals surface area contributed by atoms with Gasteiger partial charge < -0.3 is 9.15 Å². The minimum absolute atomic E-state index is 0.217. The molecule has 0 saturated carbocycles. The van der Waals surface area contributed by atoms with E-state index in [-0.39, 0.29) is 19.0 Å². The number of hydrogen-bond acceptors (Lipinski definition) is 4. The SMILES string of the molecule is C=CCOC(=O)CCc1nc(-c2ccccc2)c(-c2ccccc2)o1. The Morgan fingerprint density at radius 3 is 2.32 bits per heavy atom. The van der Waals surface area contributed by atoms with Crippen LogP contribution in [0.3, 0.4) is 0 Å². The van der Waals surface area contributed by atoms with E-state index in [4.69, 9.17) is 9.15 Å². The van der Waals surface area contributed by atoms with Crippen molar-refractivity contribution in [2.45, 2.75) is 12.8 Å². The van der Waals surface area contributed by atoms with Gasteiger partial charge in [-0.1, -0.05) is 73.3 Å². The van der Waals surface area contributed by atoms with Gasteiger partial charge in [0.05, 0.1) is 6.42 Å². The Hall–Kier alpha value is -3.14. The van der Waals surface area contributed by atoms with E-state index < -0.39 is 0 Å². The standard InChI is InChI=1S/C21H19NO3/c1-2-15-24-19(23)14-13-18-22-20(16-9-5-3-6-10-16)21(25-18)17-11-7-4-8-12-17/h2-12H,1,13-15H2. The van der Waals surface area contributed by atoms with E-state index in [1.165, 1.54) is 0 Å². The van der Waals surface area contributed by atoms with Crippen molar-refractivity contribution < 1.29 is 13.9 Å². The van der Waals surface area contributed by atoms with E-state index in [1.54, 1.807) is 6.08 Å². The first kappa shape index (κ1) is 16.7. The summed E-state index contributed by atoms with van der Waals surface area (Å²) in [6.45, 7) is 3.74. The monoisotopic (exact) mass is 333 g/mol. The average molecular weight is 333 g/mol. The van der Waals surface area contributed by atoms with Crippen molar-refractivity contribution in [3.05, 3.63) is 79.2 Å². The molecule has 25 heavy (non-hydrogen) atoms. The van der Waals surface area contributed by atoms with Gasteiger partial charge in [0, 0.05) is 17.5 Å². The molecular formula is C21H19NO3. The van der Waals surface area contributed by atoms with Gasteiger partial charge in [-0.2, -0.15) is 0 Å². The van der Waals surface area contributed by atoms with E-state index in [0.29, 0.717) is 18.1 Å². The second kappa shape index (κ2) is 8.11. The van der Waals surface area contributed by atoms with E-state index in [9.17, 15) is 4.79 Å². The van der Waals surface area contributed by atoms with Crippen LogP contribution >= 0.6 is 0 Å². The van der Waals surface area contributed by atoms with Gasteiger partial charge in [-0.05, 0) is 0 Å². The zero-order chi connectivity index (χ0) is 17.5. The zero-order valence-corrected chi connectivity index (χ0v) is 13.9. The Bertz CT molecular complexity index is 781. The molecule has 0 aliphatic rings. The van der Waals surface area contributed by atoms with Crippen molar-refractivity contribution in [3.63, 3.8) is 0 Å². The minimum atomic E-state index is -0.291. The maximum atomic E-state index is 11.7. The molecular weight excluding hydrogens is 314 g/mol. The van der Waals surface area contributed by atoms with Crippen LogP contribution < -0.4 is 0 Å². The Kier molecular flexibility index (Phi) is 5.42. The van der Waals surface area contributed by atoms with Crippen LogP contribution in [-0.2, 0) is 16.0 Å². The number of rotatable bonds is 7. The summed E-state index contributed by atoms with van der Waals surface area (Å²) >= 11 is 0. The summed E-state index contributed by atoms with van der Waals surface area (Å²) in [5.41, 5.74) is 2.71. The number of aryl methyl sites for hydroxylation is 1. The number of hydrogen-bond donors (Lipinski definition) is 0. The third kappa shape index (κ3) is 4.23. The molecule has 0 radical (unpaired) electrons. The van der Waals surface area contributed by atoms with Crippen molar-refractivity contribution >= 4 is 5.97 Å². The third-order valence-corrected chi connectivity index (χ3v) is 3.66. The molecule has 0 bridgehead atoms. The first-order valence-corrected chi connectivity index (χ1v) is 8.15. The number of carbonyl (C=O) groups excluding carboxylic acids is 1. The maximum absolute atomic E-state index is 11.7. The molecule has 0 atom stereocenters. The van der Waals surface area contributed by atoms with Crippen molar-refractivity contribution in [1.82, 2.24) is 4.98 Å². The van der Waals surface area contributed by atoms with Crippen LogP contribution in [0.4, 0.5) is 0 Å². The third-order valence-electron chi connectivity index (χ3n) is 3.66. The van der Waals surface area contributed by atoms with Crippen LogP contribution in [0.15, 0.2) is 77.7 Å². The van der Waals surface area contributed by atoms with Gasteiger partial charge in [0.25, 0.3) is 0 Å². The fraction of sp³-hybridized carbons (Fsp3) is 0.143. The largest absolute Gasteiger partial charge is 0.461 e. The fourth-order valence-corrected chi connectivity index (χ4v) is 2.48. The molecule has 0 unspecified atom stereocenters. The molecule has 4 heteroatoms. The van der Waals surface area contributed by atoms with Gasteiger partial charge in [0.2, 0.25) is 0 Å². The second-order valence-electron chi connectivity index (χ2n) is 5.49. The number of carbonyl (C=O) groups is 1. The molecule has 0 aliphatic heterocycles. The van der Waals surface area contributed by atoms with Crippen LogP contribution in [-0.4, -0.2) is 17.6 Å². The summed E-state index contributed by atoms with van der Waals surface area (Å²) < 4.78 is 11.0. The van der Waals surface area contributed by atoms with E-state index in [0.717, 1.165) is 16.8 Å². The Balaban J connectivity index is 1.87. The molecule has 4 nitrogen and oxygen atoms in total. The predicted molar refractivity (Wildman–Crippen MR) is 96.9 cm³/mol. The van der Waals surface area contributed by atoms with Gasteiger partial charge in [0.15, 0.2) is 11.7 Å². The Labute approximate surface area is 146 Å². The number of nitrogens with zero attached hydrogens (tertiary/aromatic N) is 1. The molecule has 0 N–H and O–H groups in total. The molecule has 1 heterocycles. The molecule has 0 fully saturated rings. The van der Waals surface area contributed by atoms with Crippen LogP contribution in [0, 0.1) is 0 Å². The predicted octanol–water partition coefficient (Wildman–Crippen LogP) is 4.67. The van der Waals surface area contributed by atoms with E-state index in [2.05, 4.69) is 11.6 Å². The zero-order valence-electron chi connectivity index (χ0n) is 13.9. The van der Waals surface area contributed by atoms with Crippen LogP contribution in [0.5, 0.6) is 0 Å². The lowest BCUT2D eigenvalue weighted by Gasteiger charge is -2.01. The highest BCUT2D eigenvalue weighted by Crippen LogP contribution is 2.32. The average Bonchev–Trinajstić information content (AvgIpc) is 3.10. The van der Waals surface area contributed by atoms with Gasteiger partial charge >= 0.3 is 5.97 Å². The maximum Gasteiger partial charge on any atom is 0.306 e. The van der Waals surface area contributed by atoms with Gasteiger partial charge in [-0.3, -0.25) is 4.79 Å². The highest BCUT2D eigenvalue weighted by atomic mass is 16.5. The molecule has 3 aromatic rings. The molecule has 0 aliphatic carbocycles. The lowest BCUT2D eigenvalue weighted by molar-refractivity contribution is -0.142. The molecule has 0 spiro atoms. The molecule has 2 aromatic carbocycles.